The average Bonchev–Trinajstić information content (AvgIpc) is 2.60. The van der Waals surface area contributed by atoms with Crippen LogP contribution in [0, 0.1) is 0 Å². The van der Waals surface area contributed by atoms with Gasteiger partial charge in [0, 0.05) is 19.9 Å². The normalized spacial score (nSPS) is 10.7. The maximum Gasteiger partial charge on any atom is 0.219 e. The molecule has 0 fully saturated rings. The minimum atomic E-state index is 0.174. The number of amides is 1. The van der Waals surface area contributed by atoms with Gasteiger partial charge in [-0.3, -0.25) is 4.79 Å². The Bertz CT molecular complexity index is 279. The second-order valence-electron chi connectivity index (χ2n) is 7.04. The highest BCUT2D eigenvalue weighted by Crippen LogP contribution is 2.14. The predicted molar refractivity (Wildman–Crippen MR) is 103 cm³/mol. The molecule has 0 aromatic rings. The van der Waals surface area contributed by atoms with Gasteiger partial charge >= 0.3 is 0 Å². The lowest BCUT2D eigenvalue weighted by Crippen LogP contribution is -2.16. The van der Waals surface area contributed by atoms with E-state index in [-0.39, 0.29) is 5.91 Å². The summed E-state index contributed by atoms with van der Waals surface area (Å²) in [6.07, 6.45) is 23.4. The van der Waals surface area contributed by atoms with E-state index in [9.17, 15) is 9.59 Å². The molecule has 0 spiro atoms. The van der Waals surface area contributed by atoms with E-state index in [1.54, 1.807) is 7.05 Å². The monoisotopic (exact) mass is 339 g/mol. The molecule has 3 heteroatoms. The number of aldehydes is 1. The number of carbonyl (C=O) groups is 2. The Kier molecular flexibility index (Phi) is 19.5. The Balaban J connectivity index is 3.00. The van der Waals surface area contributed by atoms with Crippen LogP contribution in [0.3, 0.4) is 0 Å². The second kappa shape index (κ2) is 20.2. The van der Waals surface area contributed by atoms with E-state index >= 15 is 0 Å². The van der Waals surface area contributed by atoms with Gasteiger partial charge in [-0.25, -0.2) is 0 Å². The van der Waals surface area contributed by atoms with Crippen LogP contribution in [0.15, 0.2) is 0 Å². The van der Waals surface area contributed by atoms with Crippen LogP contribution in [0.2, 0.25) is 0 Å². The fraction of sp³-hybridized carbons (Fsp3) is 0.905. The summed E-state index contributed by atoms with van der Waals surface area (Å²) in [5, 5.41) is 2.67. The van der Waals surface area contributed by atoms with Gasteiger partial charge in [0.25, 0.3) is 0 Å². The number of hydrogen-bond donors (Lipinski definition) is 1. The molecule has 0 unspecified atom stereocenters. The van der Waals surface area contributed by atoms with E-state index in [0.29, 0.717) is 6.42 Å². The van der Waals surface area contributed by atoms with E-state index in [1.807, 2.05) is 0 Å². The van der Waals surface area contributed by atoms with Gasteiger partial charge in [0.2, 0.25) is 5.91 Å². The zero-order chi connectivity index (χ0) is 17.7. The van der Waals surface area contributed by atoms with E-state index < -0.39 is 0 Å². The van der Waals surface area contributed by atoms with E-state index in [0.717, 1.165) is 25.5 Å². The highest BCUT2D eigenvalue weighted by atomic mass is 16.1. The van der Waals surface area contributed by atoms with Gasteiger partial charge in [-0.1, -0.05) is 89.9 Å². The number of rotatable bonds is 19. The van der Waals surface area contributed by atoms with Crippen molar-refractivity contribution in [2.75, 3.05) is 7.05 Å². The summed E-state index contributed by atoms with van der Waals surface area (Å²) in [5.41, 5.74) is 0. The molecule has 0 saturated heterocycles. The molecule has 0 aromatic carbocycles. The molecule has 1 amide bonds. The lowest BCUT2D eigenvalue weighted by Gasteiger charge is -2.03. The van der Waals surface area contributed by atoms with Crippen molar-refractivity contribution in [2.24, 2.45) is 0 Å². The third kappa shape index (κ3) is 19.2. The molecule has 0 aliphatic heterocycles. The summed E-state index contributed by atoms with van der Waals surface area (Å²) >= 11 is 0. The standard InChI is InChI=1S/C21H41NO2/c1-22-21(24)19-17-15-13-11-9-7-5-3-2-4-6-8-10-12-14-16-18-20-23/h20H,2-19H2,1H3,(H,22,24). The molecule has 0 radical (unpaired) electrons. The van der Waals surface area contributed by atoms with Crippen molar-refractivity contribution >= 4 is 12.2 Å². The molecule has 24 heavy (non-hydrogen) atoms. The molecule has 0 bridgehead atoms. The topological polar surface area (TPSA) is 46.2 Å². The maximum absolute atomic E-state index is 11.1. The quantitative estimate of drug-likeness (QED) is 0.233. The van der Waals surface area contributed by atoms with Gasteiger partial charge in [-0.15, -0.1) is 0 Å². The minimum absolute atomic E-state index is 0.174. The van der Waals surface area contributed by atoms with Crippen LogP contribution in [0.25, 0.3) is 0 Å². The number of hydrogen-bond acceptors (Lipinski definition) is 2. The van der Waals surface area contributed by atoms with E-state index in [2.05, 4.69) is 5.32 Å². The summed E-state index contributed by atoms with van der Waals surface area (Å²) < 4.78 is 0. The fourth-order valence-electron chi connectivity index (χ4n) is 3.11. The first kappa shape index (κ1) is 23.1. The van der Waals surface area contributed by atoms with Crippen LogP contribution < -0.4 is 5.32 Å². The molecular weight excluding hydrogens is 298 g/mol. The zero-order valence-electron chi connectivity index (χ0n) is 16.1. The summed E-state index contributed by atoms with van der Waals surface area (Å²) in [7, 11) is 1.71. The van der Waals surface area contributed by atoms with Gasteiger partial charge in [-0.2, -0.15) is 0 Å². The van der Waals surface area contributed by atoms with Crippen molar-refractivity contribution in [3.63, 3.8) is 0 Å². The predicted octanol–water partition coefficient (Wildman–Crippen LogP) is 5.95. The lowest BCUT2D eigenvalue weighted by atomic mass is 10.0. The summed E-state index contributed by atoms with van der Waals surface area (Å²) in [6.45, 7) is 0. The van der Waals surface area contributed by atoms with Gasteiger partial charge in [-0.05, 0) is 12.8 Å². The zero-order valence-corrected chi connectivity index (χ0v) is 16.1. The van der Waals surface area contributed by atoms with Crippen LogP contribution in [0.4, 0.5) is 0 Å². The minimum Gasteiger partial charge on any atom is -0.359 e. The van der Waals surface area contributed by atoms with Crippen molar-refractivity contribution in [1.29, 1.82) is 0 Å². The molecule has 0 aromatic heterocycles. The van der Waals surface area contributed by atoms with Crippen LogP contribution in [-0.2, 0) is 9.59 Å². The lowest BCUT2D eigenvalue weighted by molar-refractivity contribution is -0.120. The highest BCUT2D eigenvalue weighted by molar-refractivity contribution is 5.75. The highest BCUT2D eigenvalue weighted by Gasteiger charge is 1.97. The third-order valence-electron chi connectivity index (χ3n) is 4.75. The molecule has 0 aliphatic carbocycles. The first-order chi connectivity index (χ1) is 11.8. The Hall–Kier alpha value is -0.860. The van der Waals surface area contributed by atoms with Gasteiger partial charge in [0.15, 0.2) is 0 Å². The first-order valence-electron chi connectivity index (χ1n) is 10.5. The van der Waals surface area contributed by atoms with Crippen LogP contribution in [0.5, 0.6) is 0 Å². The van der Waals surface area contributed by atoms with Crippen molar-refractivity contribution in [1.82, 2.24) is 5.32 Å². The molecule has 0 atom stereocenters. The molecule has 0 saturated carbocycles. The van der Waals surface area contributed by atoms with Crippen molar-refractivity contribution in [3.05, 3.63) is 0 Å². The first-order valence-corrected chi connectivity index (χ1v) is 10.5. The number of unbranched alkanes of at least 4 members (excludes halogenated alkanes) is 16. The SMILES string of the molecule is CNC(=O)CCCCCCCCCCCCCCCCCCC=O. The molecule has 0 heterocycles. The summed E-state index contributed by atoms with van der Waals surface area (Å²) in [6, 6.07) is 0. The van der Waals surface area contributed by atoms with Crippen molar-refractivity contribution in [3.8, 4) is 0 Å². The Labute approximate surface area is 150 Å². The Morgan fingerprint density at radius 2 is 0.958 bits per heavy atom. The van der Waals surface area contributed by atoms with Crippen molar-refractivity contribution in [2.45, 2.75) is 116 Å². The van der Waals surface area contributed by atoms with Crippen LogP contribution in [0.1, 0.15) is 116 Å². The molecule has 0 rings (SSSR count). The van der Waals surface area contributed by atoms with E-state index in [1.165, 1.54) is 89.9 Å². The largest absolute Gasteiger partial charge is 0.359 e. The van der Waals surface area contributed by atoms with E-state index in [4.69, 9.17) is 0 Å². The van der Waals surface area contributed by atoms with Crippen LogP contribution >= 0.6 is 0 Å². The number of nitrogens with one attached hydrogen (secondary N) is 1. The fourth-order valence-corrected chi connectivity index (χ4v) is 3.11. The van der Waals surface area contributed by atoms with Gasteiger partial charge in [0.05, 0.1) is 0 Å². The third-order valence-corrected chi connectivity index (χ3v) is 4.75. The maximum atomic E-state index is 11.1. The summed E-state index contributed by atoms with van der Waals surface area (Å²) in [4.78, 5) is 21.2. The Morgan fingerprint density at radius 3 is 1.29 bits per heavy atom. The van der Waals surface area contributed by atoms with Gasteiger partial charge in [0.1, 0.15) is 6.29 Å². The molecular formula is C21H41NO2. The van der Waals surface area contributed by atoms with Crippen molar-refractivity contribution < 1.29 is 9.59 Å². The molecule has 1 N–H and O–H groups in total. The molecule has 0 aliphatic rings. The second-order valence-corrected chi connectivity index (χ2v) is 7.04. The Morgan fingerprint density at radius 1 is 0.625 bits per heavy atom. The smallest absolute Gasteiger partial charge is 0.219 e. The molecule has 142 valence electrons. The van der Waals surface area contributed by atoms with Crippen LogP contribution in [-0.4, -0.2) is 19.2 Å². The van der Waals surface area contributed by atoms with Gasteiger partial charge < -0.3 is 10.1 Å². The summed E-state index contributed by atoms with van der Waals surface area (Å²) in [5.74, 6) is 0.174. The average molecular weight is 340 g/mol. The number of carbonyl (C=O) groups excluding carboxylic acids is 2. The molecule has 3 nitrogen and oxygen atoms in total.